The van der Waals surface area contributed by atoms with Crippen molar-refractivity contribution in [3.8, 4) is 5.88 Å². The molecule has 0 aliphatic heterocycles. The van der Waals surface area contributed by atoms with Gasteiger partial charge in [-0.05, 0) is 35.4 Å². The van der Waals surface area contributed by atoms with Crippen LogP contribution in [-0.2, 0) is 24.9 Å². The summed E-state index contributed by atoms with van der Waals surface area (Å²) >= 11 is 0. The second-order valence-corrected chi connectivity index (χ2v) is 6.73. The molecule has 164 valence electrons. The number of aromatic hydroxyl groups is 1. The molecule has 0 saturated heterocycles. The molecule has 0 fully saturated rings. The first kappa shape index (κ1) is 22.2. The highest BCUT2D eigenvalue weighted by atomic mass is 19.3. The summed E-state index contributed by atoms with van der Waals surface area (Å²) in [6.07, 6.45) is -2.51. The van der Waals surface area contributed by atoms with Crippen LogP contribution in [0.5, 0.6) is 5.88 Å². The van der Waals surface area contributed by atoms with Crippen LogP contribution in [0.15, 0.2) is 64.2 Å². The molecular weight excluding hydrogens is 430 g/mol. The number of nitrogens with zero attached hydrogens (tertiary/aromatic N) is 2. The van der Waals surface area contributed by atoms with Crippen molar-refractivity contribution in [2.75, 3.05) is 0 Å². The number of aromatic nitrogens is 2. The summed E-state index contributed by atoms with van der Waals surface area (Å²) in [5, 5.41) is 9.76. The van der Waals surface area contributed by atoms with Crippen LogP contribution in [0.1, 0.15) is 11.1 Å². The van der Waals surface area contributed by atoms with Gasteiger partial charge in [0, 0.05) is 0 Å². The van der Waals surface area contributed by atoms with E-state index in [1.807, 2.05) is 0 Å². The molecule has 0 spiro atoms. The SMILES string of the molecule is O=c1cc(O)n(C(F)(F)Cc2ccc(F)cc2)c(=O)n1C(F)(F)Cc1ccc(F)cc1. The number of hydrogen-bond donors (Lipinski definition) is 1. The second kappa shape index (κ2) is 7.97. The van der Waals surface area contributed by atoms with E-state index in [1.54, 1.807) is 0 Å². The molecule has 0 aliphatic rings. The molecule has 1 heterocycles. The van der Waals surface area contributed by atoms with Crippen molar-refractivity contribution in [2.24, 2.45) is 0 Å². The molecule has 3 aromatic rings. The Morgan fingerprint density at radius 1 is 0.710 bits per heavy atom. The van der Waals surface area contributed by atoms with Crippen LogP contribution in [-0.4, -0.2) is 14.2 Å². The maximum Gasteiger partial charge on any atom is 0.343 e. The number of halogens is 6. The molecule has 11 heteroatoms. The fourth-order valence-corrected chi connectivity index (χ4v) is 2.99. The quantitative estimate of drug-likeness (QED) is 0.592. The Morgan fingerprint density at radius 2 is 1.10 bits per heavy atom. The monoisotopic (exact) mass is 444 g/mol. The first-order valence-electron chi connectivity index (χ1n) is 8.74. The molecule has 0 bridgehead atoms. The largest absolute Gasteiger partial charge is 0.494 e. The van der Waals surface area contributed by atoms with Crippen LogP contribution in [0.25, 0.3) is 0 Å². The van der Waals surface area contributed by atoms with Crippen LogP contribution in [0.2, 0.25) is 0 Å². The highest BCUT2D eigenvalue weighted by molar-refractivity contribution is 5.20. The smallest absolute Gasteiger partial charge is 0.343 e. The van der Waals surface area contributed by atoms with Gasteiger partial charge in [0.25, 0.3) is 5.56 Å². The van der Waals surface area contributed by atoms with Gasteiger partial charge in [0.1, 0.15) is 11.6 Å². The maximum absolute atomic E-state index is 14.7. The van der Waals surface area contributed by atoms with Gasteiger partial charge in [0.15, 0.2) is 0 Å². The Labute approximate surface area is 170 Å². The fraction of sp³-hybridized carbons (Fsp3) is 0.200. The number of hydrogen-bond acceptors (Lipinski definition) is 3. The molecule has 5 nitrogen and oxygen atoms in total. The van der Waals surface area contributed by atoms with Crippen LogP contribution >= 0.6 is 0 Å². The van der Waals surface area contributed by atoms with Gasteiger partial charge in [0.2, 0.25) is 5.88 Å². The first-order chi connectivity index (χ1) is 14.4. The minimum atomic E-state index is -4.27. The molecule has 3 rings (SSSR count). The minimum absolute atomic E-state index is 0.0680. The number of rotatable bonds is 6. The van der Waals surface area contributed by atoms with Crippen molar-refractivity contribution in [3.63, 3.8) is 0 Å². The van der Waals surface area contributed by atoms with E-state index in [0.29, 0.717) is 0 Å². The third-order valence-corrected chi connectivity index (χ3v) is 4.40. The molecule has 1 N–H and O–H groups in total. The molecule has 1 aromatic heterocycles. The lowest BCUT2D eigenvalue weighted by Crippen LogP contribution is -2.51. The van der Waals surface area contributed by atoms with E-state index >= 15 is 0 Å². The first-order valence-corrected chi connectivity index (χ1v) is 8.74. The van der Waals surface area contributed by atoms with Crippen LogP contribution < -0.4 is 11.2 Å². The van der Waals surface area contributed by atoms with Crippen molar-refractivity contribution in [1.29, 1.82) is 0 Å². The van der Waals surface area contributed by atoms with Crippen molar-refractivity contribution in [1.82, 2.24) is 9.13 Å². The Balaban J connectivity index is 2.06. The summed E-state index contributed by atoms with van der Waals surface area (Å²) in [6.45, 7) is 0. The fourth-order valence-electron chi connectivity index (χ4n) is 2.99. The Kier molecular flexibility index (Phi) is 5.70. The lowest BCUT2D eigenvalue weighted by Gasteiger charge is -2.24. The van der Waals surface area contributed by atoms with Gasteiger partial charge in [0.05, 0.1) is 18.9 Å². The van der Waals surface area contributed by atoms with E-state index in [9.17, 15) is 41.0 Å². The average molecular weight is 444 g/mol. The van der Waals surface area contributed by atoms with Crippen molar-refractivity contribution < 1.29 is 31.4 Å². The minimum Gasteiger partial charge on any atom is -0.494 e. The molecule has 0 radical (unpaired) electrons. The third kappa shape index (κ3) is 4.65. The molecular formula is C20H14F6N2O3. The zero-order valence-electron chi connectivity index (χ0n) is 15.5. The topological polar surface area (TPSA) is 64.2 Å². The highest BCUT2D eigenvalue weighted by Crippen LogP contribution is 2.29. The molecule has 2 aromatic carbocycles. The van der Waals surface area contributed by atoms with E-state index in [1.165, 1.54) is 0 Å². The maximum atomic E-state index is 14.7. The zero-order valence-corrected chi connectivity index (χ0v) is 15.5. The summed E-state index contributed by atoms with van der Waals surface area (Å²) in [5.74, 6) is -2.94. The molecule has 31 heavy (non-hydrogen) atoms. The Bertz CT molecular complexity index is 1200. The van der Waals surface area contributed by atoms with Crippen molar-refractivity contribution in [3.05, 3.63) is 98.2 Å². The Hall–Kier alpha value is -3.50. The standard InChI is InChI=1S/C20H14F6N2O3/c21-14-5-1-12(2-6-14)10-19(23,24)27-16(29)9-17(30)28(18(27)31)20(25,26)11-13-3-7-15(22)8-4-13/h1-9,29H,10-11H2. The predicted octanol–water partition coefficient (Wildman–Crippen LogP) is 3.58. The van der Waals surface area contributed by atoms with Gasteiger partial charge in [-0.25, -0.2) is 18.1 Å². The van der Waals surface area contributed by atoms with Gasteiger partial charge < -0.3 is 5.11 Å². The highest BCUT2D eigenvalue weighted by Gasteiger charge is 2.41. The molecule has 0 unspecified atom stereocenters. The van der Waals surface area contributed by atoms with Gasteiger partial charge in [-0.3, -0.25) is 4.79 Å². The van der Waals surface area contributed by atoms with E-state index in [2.05, 4.69) is 0 Å². The van der Waals surface area contributed by atoms with E-state index in [-0.39, 0.29) is 17.2 Å². The summed E-state index contributed by atoms with van der Waals surface area (Å²) in [5.41, 5.74) is -4.18. The number of benzene rings is 2. The third-order valence-electron chi connectivity index (χ3n) is 4.40. The summed E-state index contributed by atoms with van der Waals surface area (Å²) in [7, 11) is 0. The summed E-state index contributed by atoms with van der Waals surface area (Å²) in [6, 6.07) is -0.980. The van der Waals surface area contributed by atoms with Crippen molar-refractivity contribution >= 4 is 0 Å². The lowest BCUT2D eigenvalue weighted by molar-refractivity contribution is -0.111. The van der Waals surface area contributed by atoms with Gasteiger partial charge >= 0.3 is 17.8 Å². The normalized spacial score (nSPS) is 12.2. The van der Waals surface area contributed by atoms with Crippen LogP contribution in [0, 0.1) is 11.6 Å². The molecule has 0 atom stereocenters. The van der Waals surface area contributed by atoms with E-state index in [4.69, 9.17) is 0 Å². The lowest BCUT2D eigenvalue weighted by atomic mass is 10.1. The van der Waals surface area contributed by atoms with E-state index < -0.39 is 62.8 Å². The number of alkyl halides is 4. The van der Waals surface area contributed by atoms with Gasteiger partial charge in [-0.2, -0.15) is 22.1 Å². The molecule has 0 aliphatic carbocycles. The van der Waals surface area contributed by atoms with E-state index in [0.717, 1.165) is 48.5 Å². The zero-order chi connectivity index (χ0) is 23.0. The molecule has 0 amide bonds. The van der Waals surface area contributed by atoms with Crippen LogP contribution in [0.4, 0.5) is 26.3 Å². The molecule has 0 saturated carbocycles. The van der Waals surface area contributed by atoms with Gasteiger partial charge in [-0.15, -0.1) is 0 Å². The van der Waals surface area contributed by atoms with Crippen molar-refractivity contribution in [2.45, 2.75) is 24.9 Å². The average Bonchev–Trinajstić information content (AvgIpc) is 2.64. The van der Waals surface area contributed by atoms with Gasteiger partial charge in [-0.1, -0.05) is 24.3 Å². The van der Waals surface area contributed by atoms with Crippen LogP contribution in [0.3, 0.4) is 0 Å². The summed E-state index contributed by atoms with van der Waals surface area (Å²) < 4.78 is 83.5. The predicted molar refractivity (Wildman–Crippen MR) is 97.2 cm³/mol. The Morgan fingerprint density at radius 3 is 1.52 bits per heavy atom. The summed E-state index contributed by atoms with van der Waals surface area (Å²) in [4.78, 5) is 24.5. The second-order valence-electron chi connectivity index (χ2n) is 6.73.